The third-order valence-electron chi connectivity index (χ3n) is 4.93. The zero-order chi connectivity index (χ0) is 15.6. The van der Waals surface area contributed by atoms with Gasteiger partial charge in [-0.3, -0.25) is 4.79 Å². The van der Waals surface area contributed by atoms with Gasteiger partial charge in [-0.05, 0) is 60.4 Å². The first-order valence-corrected chi connectivity index (χ1v) is 8.25. The molecule has 1 amide bonds. The second-order valence-electron chi connectivity index (χ2n) is 6.52. The van der Waals surface area contributed by atoms with E-state index in [2.05, 4.69) is 16.6 Å². The maximum Gasteiger partial charge on any atom is 0.277 e. The monoisotopic (exact) mass is 308 g/mol. The molecule has 2 fully saturated rings. The van der Waals surface area contributed by atoms with E-state index in [1.165, 1.54) is 25.0 Å². The van der Waals surface area contributed by atoms with Crippen molar-refractivity contribution >= 4 is 22.4 Å². The van der Waals surface area contributed by atoms with E-state index >= 15 is 0 Å². The van der Waals surface area contributed by atoms with E-state index in [0.717, 1.165) is 23.1 Å². The summed E-state index contributed by atoms with van der Waals surface area (Å²) in [6.45, 7) is -0.0107. The predicted octanol–water partition coefficient (Wildman–Crippen LogP) is 3.51. The van der Waals surface area contributed by atoms with Gasteiger partial charge in [0.05, 0.1) is 0 Å². The van der Waals surface area contributed by atoms with E-state index in [1.807, 2.05) is 36.4 Å². The lowest BCUT2D eigenvalue weighted by Crippen LogP contribution is -2.26. The van der Waals surface area contributed by atoms with Crippen LogP contribution in [-0.4, -0.2) is 18.2 Å². The third kappa shape index (κ3) is 3.07. The first-order valence-electron chi connectivity index (χ1n) is 8.25. The quantitative estimate of drug-likeness (QED) is 0.879. The second kappa shape index (κ2) is 6.03. The van der Waals surface area contributed by atoms with Crippen LogP contribution in [0.1, 0.15) is 25.7 Å². The number of hydrogen-bond acceptors (Lipinski definition) is 3. The molecular weight excluding hydrogens is 288 g/mol. The molecule has 4 nitrogen and oxygen atoms in total. The highest BCUT2D eigenvalue weighted by molar-refractivity contribution is 5.91. The second-order valence-corrected chi connectivity index (χ2v) is 6.52. The Morgan fingerprint density at radius 3 is 2.83 bits per heavy atom. The fourth-order valence-corrected chi connectivity index (χ4v) is 3.73. The molecule has 0 aromatic heterocycles. The first kappa shape index (κ1) is 14.2. The molecule has 2 aliphatic carbocycles. The molecule has 0 heterocycles. The largest absolute Gasteiger partial charge is 0.484 e. The zero-order valence-electron chi connectivity index (χ0n) is 13.0. The summed E-state index contributed by atoms with van der Waals surface area (Å²) in [5, 5.41) is 6.57. The molecule has 4 heteroatoms. The summed E-state index contributed by atoms with van der Waals surface area (Å²) < 4.78 is 5.57. The van der Waals surface area contributed by atoms with Crippen LogP contribution in [0.15, 0.2) is 47.6 Å². The molecule has 2 aromatic carbocycles. The Hall–Kier alpha value is -2.36. The number of nitrogens with zero attached hydrogens (tertiary/aromatic N) is 1. The van der Waals surface area contributed by atoms with Crippen molar-refractivity contribution < 1.29 is 9.53 Å². The summed E-state index contributed by atoms with van der Waals surface area (Å²) in [5.74, 6) is 1.89. The smallest absolute Gasteiger partial charge is 0.277 e. The van der Waals surface area contributed by atoms with Crippen molar-refractivity contribution in [3.05, 3.63) is 42.5 Å². The van der Waals surface area contributed by atoms with Gasteiger partial charge in [0.2, 0.25) is 0 Å². The minimum atomic E-state index is -0.201. The van der Waals surface area contributed by atoms with Crippen LogP contribution in [0.25, 0.3) is 10.8 Å². The number of benzene rings is 2. The first-order chi connectivity index (χ1) is 11.3. The van der Waals surface area contributed by atoms with Crippen molar-refractivity contribution in [2.45, 2.75) is 25.7 Å². The molecule has 23 heavy (non-hydrogen) atoms. The van der Waals surface area contributed by atoms with Crippen molar-refractivity contribution in [3.8, 4) is 5.75 Å². The van der Waals surface area contributed by atoms with Gasteiger partial charge in [-0.1, -0.05) is 30.3 Å². The van der Waals surface area contributed by atoms with Crippen LogP contribution in [0, 0.1) is 11.8 Å². The SMILES string of the molecule is O=C(COc1ccc2ccccc2c1)NN=C1CC2CCC1C2. The number of hydrazone groups is 1. The van der Waals surface area contributed by atoms with Crippen molar-refractivity contribution in [1.29, 1.82) is 0 Å². The lowest BCUT2D eigenvalue weighted by molar-refractivity contribution is -0.123. The van der Waals surface area contributed by atoms with Gasteiger partial charge in [0.1, 0.15) is 5.75 Å². The van der Waals surface area contributed by atoms with Crippen LogP contribution in [0.5, 0.6) is 5.75 Å². The molecule has 0 radical (unpaired) electrons. The number of carbonyl (C=O) groups excluding carboxylic acids is 1. The summed E-state index contributed by atoms with van der Waals surface area (Å²) in [6, 6.07) is 13.9. The number of nitrogens with one attached hydrogen (secondary N) is 1. The van der Waals surface area contributed by atoms with E-state index in [9.17, 15) is 4.79 Å². The van der Waals surface area contributed by atoms with E-state index in [0.29, 0.717) is 11.7 Å². The van der Waals surface area contributed by atoms with Crippen LogP contribution in [-0.2, 0) is 4.79 Å². The number of hydrogen-bond donors (Lipinski definition) is 1. The van der Waals surface area contributed by atoms with Crippen LogP contribution in [0.4, 0.5) is 0 Å². The molecule has 4 rings (SSSR count). The molecule has 2 aliphatic rings. The minimum absolute atomic E-state index is 0.0107. The van der Waals surface area contributed by atoms with Crippen LogP contribution in [0.2, 0.25) is 0 Å². The Morgan fingerprint density at radius 2 is 2.04 bits per heavy atom. The van der Waals surface area contributed by atoms with E-state index < -0.39 is 0 Å². The van der Waals surface area contributed by atoms with E-state index in [1.54, 1.807) is 0 Å². The molecule has 118 valence electrons. The number of fused-ring (bicyclic) bond motifs is 3. The van der Waals surface area contributed by atoms with Gasteiger partial charge in [0.15, 0.2) is 6.61 Å². The highest BCUT2D eigenvalue weighted by Gasteiger charge is 2.36. The average Bonchev–Trinajstić information content (AvgIpc) is 3.21. The summed E-state index contributed by atoms with van der Waals surface area (Å²) in [4.78, 5) is 11.9. The van der Waals surface area contributed by atoms with Crippen molar-refractivity contribution in [1.82, 2.24) is 5.43 Å². The minimum Gasteiger partial charge on any atom is -0.484 e. The predicted molar refractivity (Wildman–Crippen MR) is 90.5 cm³/mol. The lowest BCUT2D eigenvalue weighted by Gasteiger charge is -2.12. The fourth-order valence-electron chi connectivity index (χ4n) is 3.73. The number of carbonyl (C=O) groups is 1. The van der Waals surface area contributed by atoms with Crippen molar-refractivity contribution in [3.63, 3.8) is 0 Å². The van der Waals surface area contributed by atoms with Gasteiger partial charge in [-0.25, -0.2) is 5.43 Å². The topological polar surface area (TPSA) is 50.7 Å². The van der Waals surface area contributed by atoms with Gasteiger partial charge < -0.3 is 4.74 Å². The van der Waals surface area contributed by atoms with Gasteiger partial charge in [0.25, 0.3) is 5.91 Å². The summed E-state index contributed by atoms with van der Waals surface area (Å²) in [5.41, 5.74) is 3.81. The van der Waals surface area contributed by atoms with E-state index in [4.69, 9.17) is 4.74 Å². The molecule has 1 N–H and O–H groups in total. The fraction of sp³-hybridized carbons (Fsp3) is 0.368. The molecule has 2 saturated carbocycles. The maximum atomic E-state index is 11.9. The Balaban J connectivity index is 1.33. The number of rotatable bonds is 4. The molecule has 2 atom stereocenters. The molecule has 2 bridgehead atoms. The summed E-state index contributed by atoms with van der Waals surface area (Å²) in [7, 11) is 0. The molecule has 2 aromatic rings. The van der Waals surface area contributed by atoms with Crippen LogP contribution >= 0.6 is 0 Å². The van der Waals surface area contributed by atoms with Gasteiger partial charge in [-0.15, -0.1) is 0 Å². The lowest BCUT2D eigenvalue weighted by atomic mass is 9.99. The van der Waals surface area contributed by atoms with Crippen LogP contribution < -0.4 is 10.2 Å². The average molecular weight is 308 g/mol. The third-order valence-corrected chi connectivity index (χ3v) is 4.93. The highest BCUT2D eigenvalue weighted by atomic mass is 16.5. The zero-order valence-corrected chi connectivity index (χ0v) is 13.0. The number of ether oxygens (including phenoxy) is 1. The molecule has 0 aliphatic heterocycles. The van der Waals surface area contributed by atoms with Gasteiger partial charge >= 0.3 is 0 Å². The Bertz CT molecular complexity index is 769. The van der Waals surface area contributed by atoms with Crippen molar-refractivity contribution in [2.24, 2.45) is 16.9 Å². The van der Waals surface area contributed by atoms with Crippen molar-refractivity contribution in [2.75, 3.05) is 6.61 Å². The maximum absolute atomic E-state index is 11.9. The molecule has 0 saturated heterocycles. The molecule has 2 unspecified atom stereocenters. The van der Waals surface area contributed by atoms with Gasteiger partial charge in [-0.2, -0.15) is 5.10 Å². The highest BCUT2D eigenvalue weighted by Crippen LogP contribution is 2.42. The Labute approximate surface area is 135 Å². The number of amides is 1. The summed E-state index contributed by atoms with van der Waals surface area (Å²) in [6.07, 6.45) is 4.86. The van der Waals surface area contributed by atoms with Gasteiger partial charge in [0, 0.05) is 5.71 Å². The standard InChI is InChI=1S/C19H20N2O2/c22-19(21-20-18-10-13-5-6-16(18)9-13)12-23-17-8-7-14-3-1-2-4-15(14)11-17/h1-4,7-8,11,13,16H,5-6,9-10,12H2,(H,21,22). The van der Waals surface area contributed by atoms with E-state index in [-0.39, 0.29) is 12.5 Å². The molecule has 0 spiro atoms. The Morgan fingerprint density at radius 1 is 1.17 bits per heavy atom. The van der Waals surface area contributed by atoms with Crippen LogP contribution in [0.3, 0.4) is 0 Å². The normalized spacial score (nSPS) is 24.3. The Kier molecular flexibility index (Phi) is 3.74. The molecular formula is C19H20N2O2. The summed E-state index contributed by atoms with van der Waals surface area (Å²) >= 11 is 0.